The minimum atomic E-state index is 0.904. The summed E-state index contributed by atoms with van der Waals surface area (Å²) < 4.78 is 1.48. The van der Waals surface area contributed by atoms with Crippen molar-refractivity contribution in [3.05, 3.63) is 0 Å². The Hall–Kier alpha value is -0.0800. The fraction of sp³-hybridized carbons (Fsp3) is 1.00. The fourth-order valence-corrected chi connectivity index (χ4v) is 6.59. The van der Waals surface area contributed by atoms with E-state index in [9.17, 15) is 0 Å². The van der Waals surface area contributed by atoms with E-state index in [4.69, 9.17) is 0 Å². The van der Waals surface area contributed by atoms with Crippen molar-refractivity contribution >= 4 is 0 Å². The van der Waals surface area contributed by atoms with Crippen LogP contribution >= 0.6 is 0 Å². The molecule has 4 aliphatic heterocycles. The Bertz CT molecular complexity index is 352. The molecule has 0 N–H and O–H groups in total. The van der Waals surface area contributed by atoms with Gasteiger partial charge in [-0.2, -0.15) is 0 Å². The van der Waals surface area contributed by atoms with Gasteiger partial charge >= 0.3 is 0 Å². The molecule has 0 amide bonds. The summed E-state index contributed by atoms with van der Waals surface area (Å²) in [5.41, 5.74) is 0. The standard InChI is InChI=1S/C18H33N2/c1-13-9-16-7-8-17(10-13)20(16,3)18-11-14-5-4-6-15(12-18)19(14)2/h13-18H,4-12H2,1-3H3/q+1. The molecule has 0 aromatic carbocycles. The molecule has 114 valence electrons. The van der Waals surface area contributed by atoms with Crippen molar-refractivity contribution in [2.75, 3.05) is 14.1 Å². The van der Waals surface area contributed by atoms with E-state index in [1.165, 1.54) is 62.3 Å². The molecule has 2 heteroatoms. The van der Waals surface area contributed by atoms with Crippen LogP contribution in [-0.2, 0) is 0 Å². The second-order valence-electron chi connectivity index (χ2n) is 8.71. The van der Waals surface area contributed by atoms with Crippen LogP contribution in [0.4, 0.5) is 0 Å². The van der Waals surface area contributed by atoms with Gasteiger partial charge in [-0.25, -0.2) is 0 Å². The van der Waals surface area contributed by atoms with Crippen LogP contribution in [0.1, 0.15) is 64.7 Å². The van der Waals surface area contributed by atoms with Crippen LogP contribution in [0.3, 0.4) is 0 Å². The first-order valence-corrected chi connectivity index (χ1v) is 9.16. The fourth-order valence-electron chi connectivity index (χ4n) is 6.59. The maximum atomic E-state index is 2.74. The van der Waals surface area contributed by atoms with E-state index in [0.717, 1.165) is 36.1 Å². The van der Waals surface area contributed by atoms with Crippen LogP contribution in [0.2, 0.25) is 0 Å². The molecular weight excluding hydrogens is 244 g/mol. The summed E-state index contributed by atoms with van der Waals surface area (Å²) in [6.07, 6.45) is 13.5. The molecule has 4 aliphatic rings. The zero-order chi connectivity index (χ0) is 13.9. The first kappa shape index (κ1) is 13.6. The van der Waals surface area contributed by atoms with Gasteiger partial charge in [0.15, 0.2) is 0 Å². The molecule has 4 atom stereocenters. The normalized spacial score (nSPS) is 56.0. The predicted octanol–water partition coefficient (Wildman–Crippen LogP) is 3.41. The number of nitrogens with zero attached hydrogens (tertiary/aromatic N) is 2. The van der Waals surface area contributed by atoms with Gasteiger partial charge in [0, 0.05) is 50.6 Å². The van der Waals surface area contributed by atoms with Gasteiger partial charge in [-0.3, -0.25) is 4.90 Å². The van der Waals surface area contributed by atoms with E-state index in [1.807, 2.05) is 0 Å². The van der Waals surface area contributed by atoms with Gasteiger partial charge in [-0.15, -0.1) is 0 Å². The van der Waals surface area contributed by atoms with E-state index in [0.29, 0.717) is 0 Å². The first-order chi connectivity index (χ1) is 9.59. The molecule has 2 nitrogen and oxygen atoms in total. The van der Waals surface area contributed by atoms with Gasteiger partial charge in [-0.05, 0) is 25.8 Å². The van der Waals surface area contributed by atoms with Crippen LogP contribution in [0.5, 0.6) is 0 Å². The van der Waals surface area contributed by atoms with Crippen molar-refractivity contribution in [1.82, 2.24) is 4.90 Å². The van der Waals surface area contributed by atoms with E-state index in [-0.39, 0.29) is 0 Å². The maximum absolute atomic E-state index is 2.74. The summed E-state index contributed by atoms with van der Waals surface area (Å²) in [6, 6.07) is 4.78. The van der Waals surface area contributed by atoms with Crippen molar-refractivity contribution in [3.63, 3.8) is 0 Å². The van der Waals surface area contributed by atoms with Crippen molar-refractivity contribution in [3.8, 4) is 0 Å². The van der Waals surface area contributed by atoms with Gasteiger partial charge in [-0.1, -0.05) is 13.3 Å². The molecule has 4 saturated heterocycles. The zero-order valence-corrected chi connectivity index (χ0v) is 13.7. The van der Waals surface area contributed by atoms with Crippen LogP contribution in [-0.4, -0.2) is 53.7 Å². The minimum Gasteiger partial charge on any atom is -0.319 e. The molecule has 20 heavy (non-hydrogen) atoms. The quantitative estimate of drug-likeness (QED) is 0.664. The molecule has 0 saturated carbocycles. The van der Waals surface area contributed by atoms with Gasteiger partial charge in [0.2, 0.25) is 0 Å². The lowest BCUT2D eigenvalue weighted by molar-refractivity contribution is -0.973. The topological polar surface area (TPSA) is 3.24 Å². The van der Waals surface area contributed by atoms with E-state index in [2.05, 4.69) is 25.9 Å². The summed E-state index contributed by atoms with van der Waals surface area (Å²) in [7, 11) is 5.05. The third-order valence-electron chi connectivity index (χ3n) is 7.86. The van der Waals surface area contributed by atoms with Crippen molar-refractivity contribution in [2.24, 2.45) is 5.92 Å². The second kappa shape index (κ2) is 4.71. The van der Waals surface area contributed by atoms with Crippen molar-refractivity contribution in [2.45, 2.75) is 94.9 Å². The smallest absolute Gasteiger partial charge is 0.0922 e. The number of fused-ring (bicyclic) bond motifs is 4. The number of hydrogen-bond donors (Lipinski definition) is 0. The van der Waals surface area contributed by atoms with E-state index >= 15 is 0 Å². The van der Waals surface area contributed by atoms with E-state index in [1.54, 1.807) is 0 Å². The van der Waals surface area contributed by atoms with Gasteiger partial charge in [0.05, 0.1) is 25.2 Å². The summed E-state index contributed by atoms with van der Waals surface area (Å²) in [4.78, 5) is 2.74. The highest BCUT2D eigenvalue weighted by Crippen LogP contribution is 2.49. The lowest BCUT2D eigenvalue weighted by atomic mass is 9.78. The molecule has 4 fully saturated rings. The van der Waals surface area contributed by atoms with Gasteiger partial charge in [0.25, 0.3) is 0 Å². The van der Waals surface area contributed by atoms with Gasteiger partial charge in [0.1, 0.15) is 0 Å². The molecule has 0 aliphatic carbocycles. The largest absolute Gasteiger partial charge is 0.319 e. The summed E-state index contributed by atoms with van der Waals surface area (Å²) in [6.45, 7) is 2.50. The molecule has 4 bridgehead atoms. The van der Waals surface area contributed by atoms with E-state index < -0.39 is 0 Å². The van der Waals surface area contributed by atoms with Gasteiger partial charge < -0.3 is 4.48 Å². The lowest BCUT2D eigenvalue weighted by Crippen LogP contribution is -2.67. The highest BCUT2D eigenvalue weighted by molar-refractivity contribution is 4.95. The summed E-state index contributed by atoms with van der Waals surface area (Å²) in [5.74, 6) is 0.990. The van der Waals surface area contributed by atoms with Crippen LogP contribution in [0, 0.1) is 5.92 Å². The first-order valence-electron chi connectivity index (χ1n) is 9.16. The van der Waals surface area contributed by atoms with Crippen LogP contribution in [0.15, 0.2) is 0 Å². The molecule has 4 heterocycles. The third kappa shape index (κ3) is 1.83. The Morgan fingerprint density at radius 1 is 0.800 bits per heavy atom. The SMILES string of the molecule is CC1CC2CCC(C1)[N+]2(C)C1CC2CCCC(C1)N2C. The Balaban J connectivity index is 1.58. The van der Waals surface area contributed by atoms with Crippen LogP contribution < -0.4 is 0 Å². The molecule has 0 aromatic rings. The predicted molar refractivity (Wildman–Crippen MR) is 83.6 cm³/mol. The Labute approximate surface area is 125 Å². The lowest BCUT2D eigenvalue weighted by Gasteiger charge is -2.57. The average molecular weight is 277 g/mol. The number of piperidine rings is 3. The number of hydrogen-bond acceptors (Lipinski definition) is 1. The molecule has 0 aromatic heterocycles. The molecular formula is C18H33N2+. The number of rotatable bonds is 1. The zero-order valence-electron chi connectivity index (χ0n) is 13.7. The van der Waals surface area contributed by atoms with Crippen molar-refractivity contribution < 1.29 is 4.48 Å². The Kier molecular flexibility index (Phi) is 3.20. The average Bonchev–Trinajstić information content (AvgIpc) is 2.58. The Morgan fingerprint density at radius 2 is 1.35 bits per heavy atom. The molecule has 4 unspecified atom stereocenters. The summed E-state index contributed by atoms with van der Waals surface area (Å²) >= 11 is 0. The third-order valence-corrected chi connectivity index (χ3v) is 7.86. The van der Waals surface area contributed by atoms with Crippen LogP contribution in [0.25, 0.3) is 0 Å². The highest BCUT2D eigenvalue weighted by Gasteiger charge is 2.56. The summed E-state index contributed by atoms with van der Waals surface area (Å²) in [5, 5.41) is 0. The monoisotopic (exact) mass is 277 g/mol. The molecule has 0 radical (unpaired) electrons. The molecule has 4 rings (SSSR count). The molecule has 0 spiro atoms. The Morgan fingerprint density at radius 3 is 1.90 bits per heavy atom. The number of quaternary nitrogens is 1. The second-order valence-corrected chi connectivity index (χ2v) is 8.71. The van der Waals surface area contributed by atoms with Crippen molar-refractivity contribution in [1.29, 1.82) is 0 Å². The maximum Gasteiger partial charge on any atom is 0.0922 e. The highest BCUT2D eigenvalue weighted by atomic mass is 15.4. The minimum absolute atomic E-state index is 0.904.